The lowest BCUT2D eigenvalue weighted by Gasteiger charge is -2.13. The zero-order valence-electron chi connectivity index (χ0n) is 25.6. The van der Waals surface area contributed by atoms with Crippen LogP contribution < -0.4 is 0 Å². The Morgan fingerprint density at radius 3 is 2.07 bits per heavy atom. The van der Waals surface area contributed by atoms with Crippen LogP contribution in [0.1, 0.15) is 19.2 Å². The molecule has 0 saturated heterocycles. The predicted molar refractivity (Wildman–Crippen MR) is 193 cm³/mol. The van der Waals surface area contributed by atoms with Gasteiger partial charge < -0.3 is 4.57 Å². The summed E-state index contributed by atoms with van der Waals surface area (Å²) in [6.07, 6.45) is 15.1. The minimum atomic E-state index is 0.568. The molecule has 4 aromatic carbocycles. The summed E-state index contributed by atoms with van der Waals surface area (Å²) in [5, 5.41) is 4.71. The maximum atomic E-state index is 5.11. The summed E-state index contributed by atoms with van der Waals surface area (Å²) in [5.41, 5.74) is 8.42. The highest BCUT2D eigenvalue weighted by Crippen LogP contribution is 2.42. The topological polar surface area (TPSA) is 48.5 Å². The van der Waals surface area contributed by atoms with Crippen LogP contribution in [-0.4, -0.2) is 24.1 Å². The molecule has 3 heterocycles. The smallest absolute Gasteiger partial charge is 0.238 e. The Kier molecular flexibility index (Phi) is 6.65. The molecule has 0 unspecified atom stereocenters. The minimum Gasteiger partial charge on any atom is -0.309 e. The van der Waals surface area contributed by atoms with Crippen molar-refractivity contribution < 1.29 is 0 Å². The summed E-state index contributed by atoms with van der Waals surface area (Å²) < 4.78 is 4.54. The molecule has 46 heavy (non-hydrogen) atoms. The zero-order chi connectivity index (χ0) is 31.2. The highest BCUT2D eigenvalue weighted by Gasteiger charge is 2.22. The molecular formula is C41H31N5. The van der Waals surface area contributed by atoms with E-state index in [9.17, 15) is 0 Å². The number of allylic oxidation sites excluding steroid dienone is 10. The minimum absolute atomic E-state index is 0.568. The fourth-order valence-electron chi connectivity index (χ4n) is 6.58. The summed E-state index contributed by atoms with van der Waals surface area (Å²) in [6.45, 7) is 10.1. The van der Waals surface area contributed by atoms with Gasteiger partial charge in [-0.05, 0) is 55.3 Å². The molecule has 0 amide bonds. The normalized spacial score (nSPS) is 13.9. The van der Waals surface area contributed by atoms with Crippen LogP contribution in [0.2, 0.25) is 0 Å². The fourth-order valence-corrected chi connectivity index (χ4v) is 6.58. The van der Waals surface area contributed by atoms with E-state index in [-0.39, 0.29) is 0 Å². The van der Waals surface area contributed by atoms with Gasteiger partial charge in [-0.1, -0.05) is 110 Å². The third-order valence-electron chi connectivity index (χ3n) is 8.59. The molecule has 220 valence electrons. The molecule has 0 N–H and O–H groups in total. The van der Waals surface area contributed by atoms with E-state index in [1.807, 2.05) is 55.5 Å². The number of hydrogen-bond donors (Lipinski definition) is 0. The molecular weight excluding hydrogens is 562 g/mol. The highest BCUT2D eigenvalue weighted by atomic mass is 15.2. The molecule has 0 atom stereocenters. The van der Waals surface area contributed by atoms with Gasteiger partial charge in [0.25, 0.3) is 0 Å². The van der Waals surface area contributed by atoms with E-state index in [4.69, 9.17) is 15.0 Å². The van der Waals surface area contributed by atoms with E-state index in [0.29, 0.717) is 17.6 Å². The van der Waals surface area contributed by atoms with Crippen LogP contribution in [0.4, 0.5) is 0 Å². The Morgan fingerprint density at radius 2 is 1.39 bits per heavy atom. The second kappa shape index (κ2) is 11.1. The van der Waals surface area contributed by atoms with Gasteiger partial charge in [-0.25, -0.2) is 4.98 Å². The predicted octanol–water partition coefficient (Wildman–Crippen LogP) is 10.2. The summed E-state index contributed by atoms with van der Waals surface area (Å²) >= 11 is 0. The lowest BCUT2D eigenvalue weighted by atomic mass is 10.1. The molecule has 0 saturated carbocycles. The Morgan fingerprint density at radius 1 is 0.739 bits per heavy atom. The molecule has 0 aliphatic heterocycles. The summed E-state index contributed by atoms with van der Waals surface area (Å²) in [4.78, 5) is 15.2. The molecule has 7 aromatic rings. The largest absolute Gasteiger partial charge is 0.309 e. The fraction of sp³-hybridized carbons (Fsp3) is 0.0488. The Bertz CT molecular complexity index is 2480. The maximum absolute atomic E-state index is 5.11. The first-order chi connectivity index (χ1) is 22.7. The van der Waals surface area contributed by atoms with Crippen LogP contribution in [0.15, 0.2) is 152 Å². The average molecular weight is 594 g/mol. The third-order valence-corrected chi connectivity index (χ3v) is 8.59. The number of para-hydroxylation sites is 2. The number of rotatable bonds is 6. The number of aromatic nitrogens is 5. The van der Waals surface area contributed by atoms with Crippen molar-refractivity contribution in [2.45, 2.75) is 13.3 Å². The number of fused-ring (bicyclic) bond motifs is 7. The number of benzene rings is 4. The van der Waals surface area contributed by atoms with Crippen LogP contribution in [0.3, 0.4) is 0 Å². The highest BCUT2D eigenvalue weighted by molar-refractivity contribution is 6.29. The maximum Gasteiger partial charge on any atom is 0.238 e. The van der Waals surface area contributed by atoms with Crippen LogP contribution in [0.25, 0.3) is 72.2 Å². The first-order valence-corrected chi connectivity index (χ1v) is 15.5. The quantitative estimate of drug-likeness (QED) is 0.180. The van der Waals surface area contributed by atoms with E-state index in [1.165, 1.54) is 16.2 Å². The molecule has 0 fully saturated rings. The average Bonchev–Trinajstić information content (AvgIpc) is 3.62. The standard InChI is InChI=1S/C41H31N5/c1-4-6-16-28(5-2)39-42-40(29-17-8-7-9-18-29)44-41(43-39)46-34-23-13-11-21-32(34)38-36(46)25-24-35-37(38)31-20-10-12-22-33(31)45(35)30-19-14-15-27(3)26-30/h4-14,16-26H,1,3,15H2,2H3/b16-6-,28-5+. The van der Waals surface area contributed by atoms with Crippen molar-refractivity contribution >= 4 is 54.9 Å². The molecule has 0 spiro atoms. The van der Waals surface area contributed by atoms with E-state index in [0.717, 1.165) is 56.3 Å². The van der Waals surface area contributed by atoms with Crippen LogP contribution in [0, 0.1) is 0 Å². The first kappa shape index (κ1) is 27.5. The van der Waals surface area contributed by atoms with Gasteiger partial charge in [-0.2, -0.15) is 9.97 Å². The molecule has 0 bridgehead atoms. The van der Waals surface area contributed by atoms with E-state index in [1.54, 1.807) is 6.08 Å². The molecule has 1 aliphatic rings. The van der Waals surface area contributed by atoms with Gasteiger partial charge in [0.1, 0.15) is 0 Å². The van der Waals surface area contributed by atoms with Crippen LogP contribution in [-0.2, 0) is 0 Å². The number of hydrogen-bond acceptors (Lipinski definition) is 3. The molecule has 1 aliphatic carbocycles. The van der Waals surface area contributed by atoms with Gasteiger partial charge in [-0.15, -0.1) is 0 Å². The van der Waals surface area contributed by atoms with Gasteiger partial charge in [0.05, 0.1) is 22.1 Å². The van der Waals surface area contributed by atoms with E-state index >= 15 is 0 Å². The van der Waals surface area contributed by atoms with Crippen molar-refractivity contribution in [1.82, 2.24) is 24.1 Å². The first-order valence-electron chi connectivity index (χ1n) is 15.5. The van der Waals surface area contributed by atoms with Crippen molar-refractivity contribution in [3.63, 3.8) is 0 Å². The van der Waals surface area contributed by atoms with Crippen molar-refractivity contribution in [3.8, 4) is 17.3 Å². The number of nitrogens with zero attached hydrogens (tertiary/aromatic N) is 5. The van der Waals surface area contributed by atoms with E-state index < -0.39 is 0 Å². The lowest BCUT2D eigenvalue weighted by Crippen LogP contribution is -2.07. The second-order valence-electron chi connectivity index (χ2n) is 11.4. The van der Waals surface area contributed by atoms with Gasteiger partial charge >= 0.3 is 0 Å². The second-order valence-corrected chi connectivity index (χ2v) is 11.4. The van der Waals surface area contributed by atoms with Gasteiger partial charge in [0.15, 0.2) is 11.6 Å². The van der Waals surface area contributed by atoms with Gasteiger partial charge in [0.2, 0.25) is 5.95 Å². The zero-order valence-corrected chi connectivity index (χ0v) is 25.6. The van der Waals surface area contributed by atoms with Crippen molar-refractivity contribution in [3.05, 3.63) is 158 Å². The Balaban J connectivity index is 1.49. The Hall–Kier alpha value is -6.07. The molecule has 0 radical (unpaired) electrons. The van der Waals surface area contributed by atoms with Crippen molar-refractivity contribution in [1.29, 1.82) is 0 Å². The van der Waals surface area contributed by atoms with Crippen molar-refractivity contribution in [2.75, 3.05) is 0 Å². The monoisotopic (exact) mass is 593 g/mol. The summed E-state index contributed by atoms with van der Waals surface area (Å²) in [5.74, 6) is 1.79. The Labute approximate surface area is 267 Å². The lowest BCUT2D eigenvalue weighted by molar-refractivity contribution is 0.932. The SMILES string of the molecule is C=C/C=C\C(=C/C)c1nc(-c2ccccc2)nc(-n2c3ccccc3c3c4c5ccccc5n(C5=CC(=C)CC=C5)c4ccc32)n1. The van der Waals surface area contributed by atoms with E-state index in [2.05, 4.69) is 101 Å². The molecule has 5 heteroatoms. The van der Waals surface area contributed by atoms with Crippen LogP contribution >= 0.6 is 0 Å². The molecule has 3 aromatic heterocycles. The van der Waals surface area contributed by atoms with Crippen molar-refractivity contribution in [2.24, 2.45) is 0 Å². The van der Waals surface area contributed by atoms with Gasteiger partial charge in [0, 0.05) is 38.4 Å². The molecule has 5 nitrogen and oxygen atoms in total. The van der Waals surface area contributed by atoms with Crippen LogP contribution in [0.5, 0.6) is 0 Å². The third kappa shape index (κ3) is 4.36. The molecule has 8 rings (SSSR count). The summed E-state index contributed by atoms with van der Waals surface area (Å²) in [6, 6.07) is 31.7. The summed E-state index contributed by atoms with van der Waals surface area (Å²) in [7, 11) is 0. The van der Waals surface area contributed by atoms with Gasteiger partial charge in [-0.3, -0.25) is 4.57 Å².